The molecule has 98 valence electrons. The van der Waals surface area contributed by atoms with Gasteiger partial charge in [-0.05, 0) is 37.4 Å². The van der Waals surface area contributed by atoms with Crippen LogP contribution in [0, 0.1) is 11.3 Å². The Morgan fingerprint density at radius 3 is 2.95 bits per heavy atom. The molecule has 0 aliphatic carbocycles. The first-order valence-corrected chi connectivity index (χ1v) is 6.77. The van der Waals surface area contributed by atoms with Crippen LogP contribution in [0.15, 0.2) is 28.4 Å². The summed E-state index contributed by atoms with van der Waals surface area (Å²) in [6.45, 7) is 3.36. The molecule has 0 saturated carbocycles. The van der Waals surface area contributed by atoms with E-state index in [1.54, 1.807) is 12.1 Å². The lowest BCUT2D eigenvalue weighted by Gasteiger charge is -2.05. The van der Waals surface area contributed by atoms with Crippen molar-refractivity contribution in [3.05, 3.63) is 29.7 Å². The van der Waals surface area contributed by atoms with Gasteiger partial charge in [-0.3, -0.25) is 0 Å². The van der Waals surface area contributed by atoms with Gasteiger partial charge in [0.2, 0.25) is 0 Å². The Balaban J connectivity index is 2.25. The maximum atomic E-state index is 8.83. The molecular formula is C12H14N6S. The highest BCUT2D eigenvalue weighted by Crippen LogP contribution is 2.25. The maximum Gasteiger partial charge on any atom is 0.197 e. The zero-order valence-electron chi connectivity index (χ0n) is 10.6. The fourth-order valence-electron chi connectivity index (χ4n) is 1.65. The Morgan fingerprint density at radius 1 is 1.42 bits per heavy atom. The van der Waals surface area contributed by atoms with Crippen LogP contribution in [0.25, 0.3) is 0 Å². The van der Waals surface area contributed by atoms with E-state index in [1.165, 1.54) is 11.8 Å². The summed E-state index contributed by atoms with van der Waals surface area (Å²) in [6, 6.07) is 7.36. The molecule has 2 rings (SSSR count). The lowest BCUT2D eigenvalue weighted by Crippen LogP contribution is -2.09. The van der Waals surface area contributed by atoms with E-state index in [1.807, 2.05) is 23.6 Å². The Morgan fingerprint density at radius 2 is 2.26 bits per heavy atom. The zero-order valence-corrected chi connectivity index (χ0v) is 11.4. The van der Waals surface area contributed by atoms with Crippen LogP contribution in [-0.4, -0.2) is 26.3 Å². The molecule has 0 aromatic carbocycles. The third-order valence-electron chi connectivity index (χ3n) is 2.51. The Labute approximate surface area is 115 Å². The Bertz CT molecular complexity index is 601. The third kappa shape index (κ3) is 3.10. The number of nitrogens with two attached hydrogens (primary N) is 1. The van der Waals surface area contributed by atoms with Gasteiger partial charge in [0, 0.05) is 13.0 Å². The number of pyridine rings is 1. The topological polar surface area (TPSA) is 93.4 Å². The molecule has 0 radical (unpaired) electrons. The van der Waals surface area contributed by atoms with Crippen molar-refractivity contribution in [3.63, 3.8) is 0 Å². The predicted octanol–water partition coefficient (Wildman–Crippen LogP) is 1.22. The van der Waals surface area contributed by atoms with E-state index >= 15 is 0 Å². The van der Waals surface area contributed by atoms with Crippen LogP contribution in [0.1, 0.15) is 18.4 Å². The SMILES string of the molecule is CCn1c(CCN)nnc1Sc1cccc(C#N)n1. The molecule has 0 saturated heterocycles. The molecule has 2 aromatic heterocycles. The average molecular weight is 274 g/mol. The van der Waals surface area contributed by atoms with E-state index in [9.17, 15) is 0 Å². The van der Waals surface area contributed by atoms with E-state index < -0.39 is 0 Å². The number of nitriles is 1. The summed E-state index contributed by atoms with van der Waals surface area (Å²) in [4.78, 5) is 4.21. The minimum atomic E-state index is 0.398. The van der Waals surface area contributed by atoms with Gasteiger partial charge in [-0.25, -0.2) is 4.98 Å². The normalized spacial score (nSPS) is 10.4. The molecule has 0 aliphatic heterocycles. The zero-order chi connectivity index (χ0) is 13.7. The standard InChI is InChI=1S/C12H14N6S/c1-2-18-10(6-7-13)16-17-12(18)19-11-5-3-4-9(8-14)15-11/h3-5H,2,6-7,13H2,1H3. The van der Waals surface area contributed by atoms with Gasteiger partial charge in [-0.2, -0.15) is 5.26 Å². The van der Waals surface area contributed by atoms with Crippen molar-refractivity contribution >= 4 is 11.8 Å². The number of aromatic nitrogens is 4. The summed E-state index contributed by atoms with van der Waals surface area (Å²) in [5.74, 6) is 0.879. The quantitative estimate of drug-likeness (QED) is 0.881. The van der Waals surface area contributed by atoms with Gasteiger partial charge in [0.15, 0.2) is 5.16 Å². The van der Waals surface area contributed by atoms with Crippen LogP contribution < -0.4 is 5.73 Å². The maximum absolute atomic E-state index is 8.83. The second kappa shape index (κ2) is 6.31. The second-order valence-corrected chi connectivity index (χ2v) is 4.74. The van der Waals surface area contributed by atoms with Crippen LogP contribution >= 0.6 is 11.8 Å². The van der Waals surface area contributed by atoms with Gasteiger partial charge in [0.05, 0.1) is 0 Å². The number of hydrogen-bond acceptors (Lipinski definition) is 6. The summed E-state index contributed by atoms with van der Waals surface area (Å²) in [5.41, 5.74) is 5.95. The Hall–Kier alpha value is -1.91. The van der Waals surface area contributed by atoms with Crippen LogP contribution in [0.2, 0.25) is 0 Å². The van der Waals surface area contributed by atoms with Gasteiger partial charge in [0.25, 0.3) is 0 Å². The highest BCUT2D eigenvalue weighted by atomic mass is 32.2. The minimum Gasteiger partial charge on any atom is -0.330 e. The second-order valence-electron chi connectivity index (χ2n) is 3.76. The number of rotatable bonds is 5. The molecule has 6 nitrogen and oxygen atoms in total. The van der Waals surface area contributed by atoms with Crippen molar-refractivity contribution in [3.8, 4) is 6.07 Å². The molecule has 0 spiro atoms. The van der Waals surface area contributed by atoms with Crippen molar-refractivity contribution in [2.75, 3.05) is 6.54 Å². The first-order valence-electron chi connectivity index (χ1n) is 5.95. The summed E-state index contributed by atoms with van der Waals surface area (Å²) < 4.78 is 2.01. The van der Waals surface area contributed by atoms with Crippen LogP contribution in [0.4, 0.5) is 0 Å². The molecule has 2 heterocycles. The van der Waals surface area contributed by atoms with E-state index in [0.717, 1.165) is 22.6 Å². The summed E-state index contributed by atoms with van der Waals surface area (Å²) >= 11 is 1.40. The number of hydrogen-bond donors (Lipinski definition) is 1. The van der Waals surface area contributed by atoms with Gasteiger partial charge >= 0.3 is 0 Å². The molecular weight excluding hydrogens is 260 g/mol. The highest BCUT2D eigenvalue weighted by molar-refractivity contribution is 7.99. The van der Waals surface area contributed by atoms with Gasteiger partial charge in [-0.15, -0.1) is 10.2 Å². The largest absolute Gasteiger partial charge is 0.330 e. The van der Waals surface area contributed by atoms with E-state index in [2.05, 4.69) is 15.2 Å². The van der Waals surface area contributed by atoms with Crippen molar-refractivity contribution in [2.24, 2.45) is 5.73 Å². The van der Waals surface area contributed by atoms with Gasteiger partial charge in [-0.1, -0.05) is 6.07 Å². The molecule has 0 amide bonds. The van der Waals surface area contributed by atoms with Crippen LogP contribution in [-0.2, 0) is 13.0 Å². The molecule has 2 N–H and O–H groups in total. The lowest BCUT2D eigenvalue weighted by molar-refractivity contribution is 0.640. The smallest absolute Gasteiger partial charge is 0.197 e. The monoisotopic (exact) mass is 274 g/mol. The molecule has 0 fully saturated rings. The first-order chi connectivity index (χ1) is 9.28. The predicted molar refractivity (Wildman–Crippen MR) is 71.5 cm³/mol. The summed E-state index contributed by atoms with van der Waals surface area (Å²) in [7, 11) is 0. The van der Waals surface area contributed by atoms with E-state index in [4.69, 9.17) is 11.0 Å². The fourth-order valence-corrected chi connectivity index (χ4v) is 2.56. The molecule has 0 unspecified atom stereocenters. The summed E-state index contributed by atoms with van der Waals surface area (Å²) in [6.07, 6.45) is 0.701. The third-order valence-corrected chi connectivity index (χ3v) is 3.43. The molecule has 0 bridgehead atoms. The van der Waals surface area contributed by atoms with Crippen molar-refractivity contribution in [1.29, 1.82) is 5.26 Å². The fraction of sp³-hybridized carbons (Fsp3) is 0.333. The van der Waals surface area contributed by atoms with E-state index in [-0.39, 0.29) is 0 Å². The molecule has 0 aliphatic rings. The summed E-state index contributed by atoms with van der Waals surface area (Å²) in [5, 5.41) is 18.6. The molecule has 19 heavy (non-hydrogen) atoms. The minimum absolute atomic E-state index is 0.398. The van der Waals surface area contributed by atoms with Crippen molar-refractivity contribution in [2.45, 2.75) is 30.1 Å². The van der Waals surface area contributed by atoms with Crippen LogP contribution in [0.5, 0.6) is 0 Å². The van der Waals surface area contributed by atoms with Gasteiger partial charge in [0.1, 0.15) is 22.6 Å². The number of nitrogens with zero attached hydrogens (tertiary/aromatic N) is 5. The lowest BCUT2D eigenvalue weighted by atomic mass is 10.4. The average Bonchev–Trinajstić information content (AvgIpc) is 2.81. The van der Waals surface area contributed by atoms with Crippen molar-refractivity contribution < 1.29 is 0 Å². The van der Waals surface area contributed by atoms with Crippen molar-refractivity contribution in [1.82, 2.24) is 19.7 Å². The van der Waals surface area contributed by atoms with Crippen LogP contribution in [0.3, 0.4) is 0 Å². The molecule has 2 aromatic rings. The van der Waals surface area contributed by atoms with Gasteiger partial charge < -0.3 is 10.3 Å². The molecule has 7 heteroatoms. The Kier molecular flexibility index (Phi) is 4.49. The van der Waals surface area contributed by atoms with E-state index in [0.29, 0.717) is 18.7 Å². The molecule has 0 atom stereocenters. The highest BCUT2D eigenvalue weighted by Gasteiger charge is 2.12. The first kappa shape index (κ1) is 13.5.